The summed E-state index contributed by atoms with van der Waals surface area (Å²) in [4.78, 5) is 10.7. The van der Waals surface area contributed by atoms with Crippen LogP contribution in [0.2, 0.25) is 0 Å². The number of carbonyl (C=O) groups excluding carboxylic acids is 1. The van der Waals surface area contributed by atoms with Crippen molar-refractivity contribution in [1.29, 1.82) is 0 Å². The standard InChI is InChI=1S/C7H11NOS/c9-6-5-7(8-6)1-3-10-4-2-7/h1-5H2,(H,8,9). The molecule has 3 heteroatoms. The zero-order chi connectivity index (χ0) is 7.03. The Bertz CT molecular complexity index is 153. The second kappa shape index (κ2) is 2.16. The maximum absolute atomic E-state index is 10.7. The van der Waals surface area contributed by atoms with E-state index in [1.54, 1.807) is 0 Å². The third kappa shape index (κ3) is 0.926. The first kappa shape index (κ1) is 6.53. The number of thioether (sulfide) groups is 1. The van der Waals surface area contributed by atoms with E-state index in [1.807, 2.05) is 11.8 Å². The third-order valence-electron chi connectivity index (χ3n) is 2.35. The van der Waals surface area contributed by atoms with E-state index in [1.165, 1.54) is 24.3 Å². The van der Waals surface area contributed by atoms with Crippen LogP contribution in [-0.2, 0) is 4.79 Å². The zero-order valence-corrected chi connectivity index (χ0v) is 6.67. The normalized spacial score (nSPS) is 29.4. The number of amides is 1. The summed E-state index contributed by atoms with van der Waals surface area (Å²) in [6, 6.07) is 0. The van der Waals surface area contributed by atoms with Crippen molar-refractivity contribution in [3.05, 3.63) is 0 Å². The minimum Gasteiger partial charge on any atom is -0.350 e. The summed E-state index contributed by atoms with van der Waals surface area (Å²) >= 11 is 2.00. The van der Waals surface area contributed by atoms with Gasteiger partial charge in [-0.1, -0.05) is 0 Å². The lowest BCUT2D eigenvalue weighted by Crippen LogP contribution is -2.62. The number of β-lactam (4-membered cyclic amide) rings is 1. The van der Waals surface area contributed by atoms with Crippen molar-refractivity contribution in [2.24, 2.45) is 0 Å². The highest BCUT2D eigenvalue weighted by molar-refractivity contribution is 7.99. The highest BCUT2D eigenvalue weighted by Gasteiger charge is 2.43. The highest BCUT2D eigenvalue weighted by atomic mass is 32.2. The van der Waals surface area contributed by atoms with Gasteiger partial charge in [-0.3, -0.25) is 4.79 Å². The van der Waals surface area contributed by atoms with E-state index in [9.17, 15) is 4.79 Å². The molecule has 1 spiro atoms. The molecule has 0 bridgehead atoms. The van der Waals surface area contributed by atoms with E-state index in [0.717, 1.165) is 6.42 Å². The lowest BCUT2D eigenvalue weighted by Gasteiger charge is -2.44. The van der Waals surface area contributed by atoms with Crippen molar-refractivity contribution in [2.75, 3.05) is 11.5 Å². The Morgan fingerprint density at radius 2 is 2.00 bits per heavy atom. The smallest absolute Gasteiger partial charge is 0.222 e. The molecule has 0 aliphatic carbocycles. The van der Waals surface area contributed by atoms with Crippen molar-refractivity contribution in [3.8, 4) is 0 Å². The molecule has 2 aliphatic heterocycles. The van der Waals surface area contributed by atoms with Gasteiger partial charge in [-0.15, -0.1) is 0 Å². The molecule has 0 unspecified atom stereocenters. The summed E-state index contributed by atoms with van der Waals surface area (Å²) in [5.74, 6) is 2.69. The van der Waals surface area contributed by atoms with Gasteiger partial charge in [-0.2, -0.15) is 11.8 Å². The first-order chi connectivity index (χ1) is 4.81. The van der Waals surface area contributed by atoms with E-state index in [2.05, 4.69) is 5.32 Å². The summed E-state index contributed by atoms with van der Waals surface area (Å²) in [5, 5.41) is 3.01. The average molecular weight is 157 g/mol. The maximum atomic E-state index is 10.7. The number of carbonyl (C=O) groups is 1. The van der Waals surface area contributed by atoms with E-state index in [-0.39, 0.29) is 11.4 Å². The zero-order valence-electron chi connectivity index (χ0n) is 5.85. The Hall–Kier alpha value is -0.180. The van der Waals surface area contributed by atoms with Crippen molar-refractivity contribution >= 4 is 17.7 Å². The van der Waals surface area contributed by atoms with E-state index < -0.39 is 0 Å². The van der Waals surface area contributed by atoms with Gasteiger partial charge < -0.3 is 5.32 Å². The highest BCUT2D eigenvalue weighted by Crippen LogP contribution is 2.34. The van der Waals surface area contributed by atoms with Crippen LogP contribution in [0.25, 0.3) is 0 Å². The van der Waals surface area contributed by atoms with Crippen LogP contribution in [0.5, 0.6) is 0 Å². The molecule has 56 valence electrons. The predicted octanol–water partition coefficient (Wildman–Crippen LogP) is 0.772. The molecule has 2 saturated heterocycles. The summed E-state index contributed by atoms with van der Waals surface area (Å²) in [5.41, 5.74) is 0.252. The van der Waals surface area contributed by atoms with Gasteiger partial charge in [0.2, 0.25) is 5.91 Å². The minimum absolute atomic E-state index is 0.243. The van der Waals surface area contributed by atoms with Gasteiger partial charge in [0.25, 0.3) is 0 Å². The molecule has 0 aromatic rings. The molecule has 2 rings (SSSR count). The van der Waals surface area contributed by atoms with Crippen LogP contribution in [0.1, 0.15) is 19.3 Å². The summed E-state index contributed by atoms with van der Waals surface area (Å²) < 4.78 is 0. The van der Waals surface area contributed by atoms with Crippen molar-refractivity contribution < 1.29 is 4.79 Å². The SMILES string of the molecule is O=C1CC2(CCSCC2)N1. The molecule has 10 heavy (non-hydrogen) atoms. The Morgan fingerprint density at radius 3 is 2.50 bits per heavy atom. The predicted molar refractivity (Wildman–Crippen MR) is 42.0 cm³/mol. The number of nitrogens with one attached hydrogen (secondary N) is 1. The molecule has 0 aromatic heterocycles. The van der Waals surface area contributed by atoms with Gasteiger partial charge in [-0.25, -0.2) is 0 Å². The summed E-state index contributed by atoms with van der Waals surface area (Å²) in [6.07, 6.45) is 3.15. The van der Waals surface area contributed by atoms with E-state index in [4.69, 9.17) is 0 Å². The Labute approximate surface area is 64.8 Å². The van der Waals surface area contributed by atoms with Gasteiger partial charge in [0, 0.05) is 6.42 Å². The fourth-order valence-corrected chi connectivity index (χ4v) is 2.92. The molecule has 0 aromatic carbocycles. The van der Waals surface area contributed by atoms with E-state index >= 15 is 0 Å². The molecule has 2 fully saturated rings. The average Bonchev–Trinajstić information content (AvgIpc) is 1.87. The summed E-state index contributed by atoms with van der Waals surface area (Å²) in [6.45, 7) is 0. The third-order valence-corrected chi connectivity index (χ3v) is 3.34. The second-order valence-electron chi connectivity index (χ2n) is 3.12. The maximum Gasteiger partial charge on any atom is 0.222 e. The fraction of sp³-hybridized carbons (Fsp3) is 0.857. The molecule has 2 aliphatic rings. The lowest BCUT2D eigenvalue weighted by molar-refractivity contribution is -0.133. The van der Waals surface area contributed by atoms with Crippen molar-refractivity contribution in [2.45, 2.75) is 24.8 Å². The van der Waals surface area contributed by atoms with Crippen LogP contribution in [0.15, 0.2) is 0 Å². The molecular weight excluding hydrogens is 146 g/mol. The van der Waals surface area contributed by atoms with Crippen LogP contribution in [0, 0.1) is 0 Å². The van der Waals surface area contributed by atoms with Crippen molar-refractivity contribution in [1.82, 2.24) is 5.32 Å². The van der Waals surface area contributed by atoms with Gasteiger partial charge in [0.1, 0.15) is 0 Å². The second-order valence-corrected chi connectivity index (χ2v) is 4.34. The molecule has 1 N–H and O–H groups in total. The van der Waals surface area contributed by atoms with Gasteiger partial charge in [-0.05, 0) is 24.3 Å². The Morgan fingerprint density at radius 1 is 1.40 bits per heavy atom. The Kier molecular flexibility index (Phi) is 1.41. The number of hydrogen-bond acceptors (Lipinski definition) is 2. The van der Waals surface area contributed by atoms with Crippen LogP contribution in [0.4, 0.5) is 0 Å². The number of rotatable bonds is 0. The van der Waals surface area contributed by atoms with Crippen LogP contribution >= 0.6 is 11.8 Å². The molecule has 2 nitrogen and oxygen atoms in total. The minimum atomic E-state index is 0.243. The van der Waals surface area contributed by atoms with E-state index in [0.29, 0.717) is 0 Å². The van der Waals surface area contributed by atoms with Crippen LogP contribution in [0.3, 0.4) is 0 Å². The van der Waals surface area contributed by atoms with Gasteiger partial charge in [0.05, 0.1) is 5.54 Å². The van der Waals surface area contributed by atoms with Crippen molar-refractivity contribution in [3.63, 3.8) is 0 Å². The Balaban J connectivity index is 1.96. The first-order valence-electron chi connectivity index (χ1n) is 3.70. The van der Waals surface area contributed by atoms with Crippen LogP contribution in [-0.4, -0.2) is 23.0 Å². The largest absolute Gasteiger partial charge is 0.350 e. The van der Waals surface area contributed by atoms with Crippen LogP contribution < -0.4 is 5.32 Å². The number of hydrogen-bond donors (Lipinski definition) is 1. The molecule has 1 amide bonds. The van der Waals surface area contributed by atoms with Gasteiger partial charge >= 0.3 is 0 Å². The molecule has 0 radical (unpaired) electrons. The topological polar surface area (TPSA) is 29.1 Å². The quantitative estimate of drug-likeness (QED) is 0.526. The molecule has 0 saturated carbocycles. The molecule has 0 atom stereocenters. The lowest BCUT2D eigenvalue weighted by atomic mass is 9.82. The summed E-state index contributed by atoms with van der Waals surface area (Å²) in [7, 11) is 0. The van der Waals surface area contributed by atoms with Gasteiger partial charge in [0.15, 0.2) is 0 Å². The molecule has 2 heterocycles. The molecular formula is C7H11NOS. The first-order valence-corrected chi connectivity index (χ1v) is 4.85. The fourth-order valence-electron chi connectivity index (χ4n) is 1.65. The monoisotopic (exact) mass is 157 g/mol.